The molecule has 30 heavy (non-hydrogen) atoms. The van der Waals surface area contributed by atoms with Gasteiger partial charge in [-0.2, -0.15) is 0 Å². The number of aryl methyl sites for hydroxylation is 3. The van der Waals surface area contributed by atoms with Gasteiger partial charge in [0, 0.05) is 32.2 Å². The Kier molecular flexibility index (Phi) is 6.50. The molecular weight excluding hydrogens is 378 g/mol. The molecule has 160 valence electrons. The Morgan fingerprint density at radius 2 is 1.90 bits per heavy atom. The molecule has 0 bridgehead atoms. The van der Waals surface area contributed by atoms with Crippen LogP contribution in [0.3, 0.4) is 0 Å². The van der Waals surface area contributed by atoms with E-state index >= 15 is 0 Å². The molecule has 0 spiro atoms. The van der Waals surface area contributed by atoms with Crippen LogP contribution in [0, 0.1) is 13.8 Å². The quantitative estimate of drug-likeness (QED) is 0.559. The van der Waals surface area contributed by atoms with E-state index in [0.717, 1.165) is 57.8 Å². The number of rotatable bonds is 8. The number of imidazole rings is 1. The minimum Gasteiger partial charge on any atom is -0.379 e. The highest BCUT2D eigenvalue weighted by Gasteiger charge is 2.11. The zero-order valence-corrected chi connectivity index (χ0v) is 17.9. The van der Waals surface area contributed by atoms with Gasteiger partial charge in [-0.3, -0.25) is 9.69 Å². The van der Waals surface area contributed by atoms with Gasteiger partial charge in [0.05, 0.1) is 25.1 Å². The van der Waals surface area contributed by atoms with Crippen molar-refractivity contribution in [2.75, 3.05) is 38.2 Å². The number of unbranched alkanes of at least 4 members (excludes halogenated alkanes) is 1. The summed E-state index contributed by atoms with van der Waals surface area (Å²) in [5.74, 6) is 0.697. The van der Waals surface area contributed by atoms with Gasteiger partial charge in [0.15, 0.2) is 0 Å². The first kappa shape index (κ1) is 20.6. The van der Waals surface area contributed by atoms with Crippen molar-refractivity contribution in [3.63, 3.8) is 0 Å². The van der Waals surface area contributed by atoms with Crippen LogP contribution in [-0.4, -0.2) is 52.3 Å². The number of aromatic nitrogens is 3. The van der Waals surface area contributed by atoms with Crippen molar-refractivity contribution in [1.29, 1.82) is 0 Å². The molecular formula is C23H31N5O2. The first-order valence-corrected chi connectivity index (χ1v) is 10.8. The molecule has 4 rings (SSSR count). The molecule has 2 N–H and O–H groups in total. The molecule has 1 fully saturated rings. The number of hydrogen-bond donors (Lipinski definition) is 2. The number of anilines is 1. The maximum absolute atomic E-state index is 12.7. The standard InChI is InChI=1S/C23H31N5O2/c1-17-5-6-19(13-18(17)2)15-24-21-14-20-22(23(29)26-21)28(16-25-20)8-4-3-7-27-9-11-30-12-10-27/h5-6,13-14,16H,3-4,7-12,15H2,1-2H3,(H2,24,26,29). The number of benzene rings is 1. The van der Waals surface area contributed by atoms with Crippen molar-refractivity contribution >= 4 is 16.9 Å². The van der Waals surface area contributed by atoms with Gasteiger partial charge in [0.1, 0.15) is 11.3 Å². The van der Waals surface area contributed by atoms with Crippen LogP contribution >= 0.6 is 0 Å². The second-order valence-corrected chi connectivity index (χ2v) is 8.12. The lowest BCUT2D eigenvalue weighted by Gasteiger charge is -2.26. The number of ether oxygens (including phenoxy) is 1. The fourth-order valence-corrected chi connectivity index (χ4v) is 3.92. The molecule has 0 amide bonds. The fourth-order valence-electron chi connectivity index (χ4n) is 3.92. The van der Waals surface area contributed by atoms with Crippen molar-refractivity contribution in [3.8, 4) is 0 Å². The summed E-state index contributed by atoms with van der Waals surface area (Å²) in [5.41, 5.74) is 5.02. The van der Waals surface area contributed by atoms with Gasteiger partial charge in [0.25, 0.3) is 5.56 Å². The van der Waals surface area contributed by atoms with Crippen LogP contribution in [0.4, 0.5) is 5.82 Å². The summed E-state index contributed by atoms with van der Waals surface area (Å²) >= 11 is 0. The maximum Gasteiger partial charge on any atom is 0.275 e. The van der Waals surface area contributed by atoms with E-state index in [-0.39, 0.29) is 5.56 Å². The van der Waals surface area contributed by atoms with Crippen LogP contribution in [0.1, 0.15) is 29.5 Å². The minimum atomic E-state index is -0.0965. The third-order valence-electron chi connectivity index (χ3n) is 5.89. The monoisotopic (exact) mass is 409 g/mol. The molecule has 0 unspecified atom stereocenters. The Hall–Kier alpha value is -2.64. The average molecular weight is 410 g/mol. The zero-order valence-electron chi connectivity index (χ0n) is 17.9. The van der Waals surface area contributed by atoms with Crippen LogP contribution in [0.25, 0.3) is 11.0 Å². The van der Waals surface area contributed by atoms with Crippen LogP contribution in [0.2, 0.25) is 0 Å². The summed E-state index contributed by atoms with van der Waals surface area (Å²) in [6.45, 7) is 10.5. The second kappa shape index (κ2) is 9.45. The van der Waals surface area contributed by atoms with Crippen LogP contribution in [0.15, 0.2) is 35.4 Å². The Balaban J connectivity index is 1.36. The van der Waals surface area contributed by atoms with E-state index in [1.165, 1.54) is 16.7 Å². The van der Waals surface area contributed by atoms with Crippen molar-refractivity contribution in [1.82, 2.24) is 19.4 Å². The topological polar surface area (TPSA) is 75.2 Å². The van der Waals surface area contributed by atoms with E-state index in [2.05, 4.69) is 52.2 Å². The first-order chi connectivity index (χ1) is 14.6. The Bertz CT molecular complexity index is 1050. The molecule has 3 heterocycles. The SMILES string of the molecule is Cc1ccc(CNc2cc3ncn(CCCCN4CCOCC4)c3c(=O)[nH]2)cc1C. The highest BCUT2D eigenvalue weighted by atomic mass is 16.5. The van der Waals surface area contributed by atoms with Crippen LogP contribution in [-0.2, 0) is 17.8 Å². The predicted octanol–water partition coefficient (Wildman–Crippen LogP) is 3.07. The zero-order chi connectivity index (χ0) is 20.9. The van der Waals surface area contributed by atoms with Crippen LogP contribution < -0.4 is 10.9 Å². The highest BCUT2D eigenvalue weighted by molar-refractivity contribution is 5.77. The van der Waals surface area contributed by atoms with Gasteiger partial charge in [-0.15, -0.1) is 0 Å². The van der Waals surface area contributed by atoms with Gasteiger partial charge in [-0.05, 0) is 49.9 Å². The second-order valence-electron chi connectivity index (χ2n) is 8.12. The van der Waals surface area contributed by atoms with Gasteiger partial charge in [-0.1, -0.05) is 18.2 Å². The van der Waals surface area contributed by atoms with Gasteiger partial charge < -0.3 is 19.6 Å². The Labute approximate surface area is 177 Å². The van der Waals surface area contributed by atoms with E-state index in [0.29, 0.717) is 17.9 Å². The molecule has 0 radical (unpaired) electrons. The molecule has 2 aromatic heterocycles. The van der Waals surface area contributed by atoms with E-state index < -0.39 is 0 Å². The summed E-state index contributed by atoms with van der Waals surface area (Å²) < 4.78 is 7.36. The molecule has 7 heteroatoms. The van der Waals surface area contributed by atoms with E-state index in [1.807, 2.05) is 10.6 Å². The fraction of sp³-hybridized carbons (Fsp3) is 0.478. The van der Waals surface area contributed by atoms with Gasteiger partial charge in [-0.25, -0.2) is 4.98 Å². The Morgan fingerprint density at radius 1 is 1.10 bits per heavy atom. The van der Waals surface area contributed by atoms with E-state index in [9.17, 15) is 4.79 Å². The number of hydrogen-bond acceptors (Lipinski definition) is 5. The normalized spacial score (nSPS) is 15.0. The summed E-state index contributed by atoms with van der Waals surface area (Å²) in [4.78, 5) is 22.6. The van der Waals surface area contributed by atoms with Gasteiger partial charge >= 0.3 is 0 Å². The molecule has 0 aliphatic carbocycles. The van der Waals surface area contributed by atoms with Gasteiger partial charge in [0.2, 0.25) is 0 Å². The third kappa shape index (κ3) is 4.91. The molecule has 3 aromatic rings. The molecule has 0 atom stereocenters. The molecule has 7 nitrogen and oxygen atoms in total. The van der Waals surface area contributed by atoms with Crippen LogP contribution in [0.5, 0.6) is 0 Å². The lowest BCUT2D eigenvalue weighted by atomic mass is 10.1. The van der Waals surface area contributed by atoms with E-state index in [4.69, 9.17) is 4.74 Å². The van der Waals surface area contributed by atoms with Crippen molar-refractivity contribution in [2.45, 2.75) is 39.8 Å². The number of nitrogens with zero attached hydrogens (tertiary/aromatic N) is 3. The number of fused-ring (bicyclic) bond motifs is 1. The molecule has 1 aliphatic rings. The molecule has 1 aliphatic heterocycles. The average Bonchev–Trinajstić information content (AvgIpc) is 3.16. The maximum atomic E-state index is 12.7. The molecule has 0 saturated carbocycles. The van der Waals surface area contributed by atoms with E-state index in [1.54, 1.807) is 6.33 Å². The third-order valence-corrected chi connectivity index (χ3v) is 5.89. The number of nitrogens with one attached hydrogen (secondary N) is 2. The van der Waals surface area contributed by atoms with Crippen molar-refractivity contribution < 1.29 is 4.74 Å². The Morgan fingerprint density at radius 3 is 2.70 bits per heavy atom. The first-order valence-electron chi connectivity index (χ1n) is 10.8. The number of morpholine rings is 1. The minimum absolute atomic E-state index is 0.0965. The lowest BCUT2D eigenvalue weighted by molar-refractivity contribution is 0.0371. The molecule has 1 aromatic carbocycles. The number of pyridine rings is 1. The summed E-state index contributed by atoms with van der Waals surface area (Å²) in [7, 11) is 0. The molecule has 1 saturated heterocycles. The van der Waals surface area contributed by atoms with Crippen molar-refractivity contribution in [2.24, 2.45) is 0 Å². The summed E-state index contributed by atoms with van der Waals surface area (Å²) in [5, 5.41) is 3.32. The summed E-state index contributed by atoms with van der Waals surface area (Å²) in [6.07, 6.45) is 3.91. The highest BCUT2D eigenvalue weighted by Crippen LogP contribution is 2.15. The largest absolute Gasteiger partial charge is 0.379 e. The number of aromatic amines is 1. The predicted molar refractivity (Wildman–Crippen MR) is 120 cm³/mol. The number of H-pyrrole nitrogens is 1. The lowest BCUT2D eigenvalue weighted by Crippen LogP contribution is -2.36. The van der Waals surface area contributed by atoms with Crippen molar-refractivity contribution in [3.05, 3.63) is 57.6 Å². The summed E-state index contributed by atoms with van der Waals surface area (Å²) in [6, 6.07) is 8.32. The smallest absolute Gasteiger partial charge is 0.275 e.